The van der Waals surface area contributed by atoms with E-state index in [1.165, 1.54) is 7.11 Å². The summed E-state index contributed by atoms with van der Waals surface area (Å²) in [4.78, 5) is 24.0. The first-order chi connectivity index (χ1) is 8.99. The number of amides is 1. The van der Waals surface area contributed by atoms with E-state index < -0.39 is 6.04 Å². The lowest BCUT2D eigenvalue weighted by molar-refractivity contribution is -0.147. The summed E-state index contributed by atoms with van der Waals surface area (Å²) < 4.78 is 4.77. The van der Waals surface area contributed by atoms with E-state index in [-0.39, 0.29) is 23.8 Å². The molecule has 0 aromatic heterocycles. The summed E-state index contributed by atoms with van der Waals surface area (Å²) in [6.45, 7) is 6.94. The van der Waals surface area contributed by atoms with Gasteiger partial charge < -0.3 is 15.4 Å². The van der Waals surface area contributed by atoms with Crippen LogP contribution in [0.3, 0.4) is 0 Å². The Bertz CT molecular complexity index is 320. The first-order valence-electron chi connectivity index (χ1n) is 7.11. The van der Waals surface area contributed by atoms with Gasteiger partial charge in [0.25, 0.3) is 0 Å². The van der Waals surface area contributed by atoms with E-state index in [0.29, 0.717) is 5.92 Å². The highest BCUT2D eigenvalue weighted by Crippen LogP contribution is 2.16. The van der Waals surface area contributed by atoms with Crippen molar-refractivity contribution in [1.29, 1.82) is 0 Å². The summed E-state index contributed by atoms with van der Waals surface area (Å²) in [5.41, 5.74) is 0. The van der Waals surface area contributed by atoms with E-state index >= 15 is 0 Å². The van der Waals surface area contributed by atoms with Gasteiger partial charge in [-0.15, -0.1) is 0 Å². The molecule has 0 aromatic carbocycles. The Balaban J connectivity index is 2.62. The maximum absolute atomic E-state index is 12.2. The Kier molecular flexibility index (Phi) is 6.28. The number of ether oxygens (including phenoxy) is 1. The van der Waals surface area contributed by atoms with Crippen LogP contribution in [0.5, 0.6) is 0 Å². The zero-order valence-corrected chi connectivity index (χ0v) is 12.4. The summed E-state index contributed by atoms with van der Waals surface area (Å²) in [7, 11) is 1.35. The molecule has 110 valence electrons. The Morgan fingerprint density at radius 1 is 1.47 bits per heavy atom. The van der Waals surface area contributed by atoms with Crippen molar-refractivity contribution in [1.82, 2.24) is 10.6 Å². The van der Waals surface area contributed by atoms with Crippen LogP contribution in [0.15, 0.2) is 0 Å². The van der Waals surface area contributed by atoms with Gasteiger partial charge in [-0.05, 0) is 31.2 Å². The van der Waals surface area contributed by atoms with E-state index in [4.69, 9.17) is 4.74 Å². The lowest BCUT2D eigenvalue weighted by Gasteiger charge is -2.29. The number of methoxy groups -OCH3 is 1. The van der Waals surface area contributed by atoms with Crippen LogP contribution >= 0.6 is 0 Å². The third-order valence-electron chi connectivity index (χ3n) is 3.95. The highest BCUT2D eigenvalue weighted by Gasteiger charge is 2.31. The number of hydrogen-bond donors (Lipinski definition) is 2. The molecule has 1 heterocycles. The van der Waals surface area contributed by atoms with Crippen molar-refractivity contribution in [3.8, 4) is 0 Å². The largest absolute Gasteiger partial charge is 0.467 e. The molecule has 19 heavy (non-hydrogen) atoms. The van der Waals surface area contributed by atoms with Crippen molar-refractivity contribution in [2.75, 3.05) is 13.7 Å². The quantitative estimate of drug-likeness (QED) is 0.734. The second-order valence-corrected chi connectivity index (χ2v) is 5.53. The molecular weight excluding hydrogens is 244 g/mol. The lowest BCUT2D eigenvalue weighted by Crippen LogP contribution is -2.54. The number of hydrogen-bond acceptors (Lipinski definition) is 4. The first-order valence-corrected chi connectivity index (χ1v) is 7.11. The van der Waals surface area contributed by atoms with Crippen LogP contribution < -0.4 is 10.6 Å². The van der Waals surface area contributed by atoms with Crippen LogP contribution in [0.1, 0.15) is 40.0 Å². The topological polar surface area (TPSA) is 67.4 Å². The Hall–Kier alpha value is -1.10. The van der Waals surface area contributed by atoms with Gasteiger partial charge in [0.05, 0.1) is 13.2 Å². The van der Waals surface area contributed by atoms with Crippen molar-refractivity contribution < 1.29 is 14.3 Å². The summed E-state index contributed by atoms with van der Waals surface area (Å²) in [5.74, 6) is 0.142. The molecule has 1 fully saturated rings. The van der Waals surface area contributed by atoms with Crippen molar-refractivity contribution in [3.05, 3.63) is 0 Å². The fraction of sp³-hybridized carbons (Fsp3) is 0.857. The molecule has 4 atom stereocenters. The molecule has 5 heteroatoms. The van der Waals surface area contributed by atoms with Crippen LogP contribution in [0.2, 0.25) is 0 Å². The summed E-state index contributed by atoms with van der Waals surface area (Å²) in [6.07, 6.45) is 2.73. The monoisotopic (exact) mass is 270 g/mol. The highest BCUT2D eigenvalue weighted by atomic mass is 16.5. The van der Waals surface area contributed by atoms with Gasteiger partial charge in [-0.3, -0.25) is 4.79 Å². The highest BCUT2D eigenvalue weighted by molar-refractivity contribution is 5.87. The van der Waals surface area contributed by atoms with E-state index in [1.54, 1.807) is 0 Å². The number of piperidine rings is 1. The zero-order valence-electron chi connectivity index (χ0n) is 12.4. The van der Waals surface area contributed by atoms with Crippen molar-refractivity contribution in [2.45, 2.75) is 52.1 Å². The zero-order chi connectivity index (χ0) is 14.4. The molecule has 5 nitrogen and oxygen atoms in total. The third kappa shape index (κ3) is 4.49. The van der Waals surface area contributed by atoms with Gasteiger partial charge in [-0.2, -0.15) is 0 Å². The molecule has 0 bridgehead atoms. The van der Waals surface area contributed by atoms with Crippen LogP contribution in [0.25, 0.3) is 0 Å². The van der Waals surface area contributed by atoms with Crippen LogP contribution in [-0.2, 0) is 14.3 Å². The Morgan fingerprint density at radius 3 is 2.68 bits per heavy atom. The van der Waals surface area contributed by atoms with Crippen molar-refractivity contribution in [3.63, 3.8) is 0 Å². The van der Waals surface area contributed by atoms with Gasteiger partial charge in [-0.1, -0.05) is 27.2 Å². The van der Waals surface area contributed by atoms with Gasteiger partial charge in [0, 0.05) is 0 Å². The van der Waals surface area contributed by atoms with Crippen LogP contribution in [0.4, 0.5) is 0 Å². The molecule has 0 aliphatic carbocycles. The fourth-order valence-electron chi connectivity index (χ4n) is 2.36. The smallest absolute Gasteiger partial charge is 0.328 e. The molecule has 1 amide bonds. The summed E-state index contributed by atoms with van der Waals surface area (Å²) in [5, 5.41) is 6.04. The number of carbonyl (C=O) groups excluding carboxylic acids is 2. The predicted molar refractivity (Wildman–Crippen MR) is 73.6 cm³/mol. The normalized spacial score (nSPS) is 26.3. The molecule has 0 radical (unpaired) electrons. The van der Waals surface area contributed by atoms with Crippen LogP contribution in [-0.4, -0.2) is 37.6 Å². The minimum Gasteiger partial charge on any atom is -0.467 e. The average molecular weight is 270 g/mol. The van der Waals surface area contributed by atoms with Crippen molar-refractivity contribution in [2.24, 2.45) is 11.8 Å². The molecular formula is C14H26N2O3. The van der Waals surface area contributed by atoms with E-state index in [1.807, 2.05) is 13.8 Å². The summed E-state index contributed by atoms with van der Waals surface area (Å²) in [6, 6.07) is -0.749. The van der Waals surface area contributed by atoms with Crippen LogP contribution in [0, 0.1) is 11.8 Å². The molecule has 0 saturated carbocycles. The maximum atomic E-state index is 12.2. The second-order valence-electron chi connectivity index (χ2n) is 5.53. The third-order valence-corrected chi connectivity index (χ3v) is 3.95. The van der Waals surface area contributed by atoms with Gasteiger partial charge >= 0.3 is 5.97 Å². The van der Waals surface area contributed by atoms with Gasteiger partial charge in [-0.25, -0.2) is 4.79 Å². The summed E-state index contributed by atoms with van der Waals surface area (Å²) >= 11 is 0. The van der Waals surface area contributed by atoms with Gasteiger partial charge in [0.2, 0.25) is 5.91 Å². The van der Waals surface area contributed by atoms with E-state index in [9.17, 15) is 9.59 Å². The minimum atomic E-state index is -0.554. The molecule has 0 aromatic rings. The maximum Gasteiger partial charge on any atom is 0.328 e. The molecule has 2 N–H and O–H groups in total. The number of carbonyl (C=O) groups is 2. The standard InChI is InChI=1S/C14H26N2O3/c1-5-10(3)12(14(18)19-4)16-13(17)11-8-9(2)6-7-15-11/h9-12,15H,5-8H2,1-4H3,(H,16,17). The van der Waals surface area contributed by atoms with Gasteiger partial charge in [0.1, 0.15) is 6.04 Å². The Labute approximate surface area is 115 Å². The molecule has 1 saturated heterocycles. The lowest BCUT2D eigenvalue weighted by atomic mass is 9.93. The number of rotatable bonds is 5. The number of esters is 1. The molecule has 1 rings (SSSR count). The minimum absolute atomic E-state index is 0.0671. The fourth-order valence-corrected chi connectivity index (χ4v) is 2.36. The molecule has 1 aliphatic rings. The SMILES string of the molecule is CCC(C)C(NC(=O)C1CC(C)CCN1)C(=O)OC. The second kappa shape index (κ2) is 7.48. The first kappa shape index (κ1) is 16.0. The molecule has 1 aliphatic heterocycles. The van der Waals surface area contributed by atoms with Crippen molar-refractivity contribution >= 4 is 11.9 Å². The average Bonchev–Trinajstić information content (AvgIpc) is 2.42. The predicted octanol–water partition coefficient (Wildman–Crippen LogP) is 1.08. The number of nitrogens with one attached hydrogen (secondary N) is 2. The van der Waals surface area contributed by atoms with E-state index in [2.05, 4.69) is 17.6 Å². The molecule has 4 unspecified atom stereocenters. The van der Waals surface area contributed by atoms with E-state index in [0.717, 1.165) is 25.8 Å². The Morgan fingerprint density at radius 2 is 2.16 bits per heavy atom. The van der Waals surface area contributed by atoms with Gasteiger partial charge in [0.15, 0.2) is 0 Å². The molecule has 0 spiro atoms.